The van der Waals surface area contributed by atoms with Crippen LogP contribution in [0.2, 0.25) is 0 Å². The van der Waals surface area contributed by atoms with Crippen molar-refractivity contribution in [1.82, 2.24) is 0 Å². The Balaban J connectivity index is 2.86. The Morgan fingerprint density at radius 3 is 1.55 bits per heavy atom. The third-order valence-electron chi connectivity index (χ3n) is 1.00. The second-order valence-corrected chi connectivity index (χ2v) is 2.67. The zero-order valence-electron chi connectivity index (χ0n) is 4.58. The van der Waals surface area contributed by atoms with Gasteiger partial charge in [0.2, 0.25) is 0 Å². The standard InChI is InChI=1S/C3F6OS/c4-1(2(5,6)7)3(8,9)10-11-1. The summed E-state index contributed by atoms with van der Waals surface area (Å²) in [5.74, 6) is 0. The van der Waals surface area contributed by atoms with Crippen LogP contribution in [0.1, 0.15) is 0 Å². The molecule has 0 saturated carbocycles. The van der Waals surface area contributed by atoms with Crippen LogP contribution in [0.25, 0.3) is 0 Å². The molecule has 0 bridgehead atoms. The smallest absolute Gasteiger partial charge is 0.241 e. The van der Waals surface area contributed by atoms with Crippen LogP contribution in [0.15, 0.2) is 0 Å². The summed E-state index contributed by atoms with van der Waals surface area (Å²) >= 11 is -0.920. The van der Waals surface area contributed by atoms with Crippen molar-refractivity contribution in [3.63, 3.8) is 0 Å². The highest BCUT2D eigenvalue weighted by Crippen LogP contribution is 2.62. The molecule has 0 spiro atoms. The first-order chi connectivity index (χ1) is 4.71. The zero-order valence-corrected chi connectivity index (χ0v) is 5.40. The monoisotopic (exact) mass is 198 g/mol. The highest BCUT2D eigenvalue weighted by atomic mass is 32.2. The van der Waals surface area contributed by atoms with Gasteiger partial charge in [-0.15, -0.1) is 0 Å². The minimum atomic E-state index is -5.61. The van der Waals surface area contributed by atoms with E-state index in [9.17, 15) is 26.3 Å². The number of alkyl halides is 6. The molecule has 0 N–H and O–H groups in total. The first kappa shape index (κ1) is 8.98. The Hall–Kier alpha value is -0.110. The average molecular weight is 198 g/mol. The summed E-state index contributed by atoms with van der Waals surface area (Å²) in [4.78, 5) is 0. The van der Waals surface area contributed by atoms with Gasteiger partial charge in [-0.05, 0) is 0 Å². The lowest BCUT2D eigenvalue weighted by atomic mass is 10.3. The lowest BCUT2D eigenvalue weighted by Crippen LogP contribution is -2.60. The maximum Gasteiger partial charge on any atom is 0.443 e. The molecule has 1 heterocycles. The summed E-state index contributed by atoms with van der Waals surface area (Å²) in [5.41, 5.74) is 0. The topological polar surface area (TPSA) is 9.23 Å². The van der Waals surface area contributed by atoms with Crippen molar-refractivity contribution in [2.24, 2.45) is 0 Å². The molecule has 11 heavy (non-hydrogen) atoms. The van der Waals surface area contributed by atoms with Crippen LogP contribution in [-0.2, 0) is 4.18 Å². The molecule has 1 saturated heterocycles. The highest BCUT2D eigenvalue weighted by molar-refractivity contribution is 7.97. The number of hydrogen-bond donors (Lipinski definition) is 0. The fraction of sp³-hybridized carbons (Fsp3) is 1.00. The van der Waals surface area contributed by atoms with Gasteiger partial charge in [0, 0.05) is 0 Å². The van der Waals surface area contributed by atoms with Crippen molar-refractivity contribution < 1.29 is 30.5 Å². The molecule has 1 aliphatic heterocycles. The van der Waals surface area contributed by atoms with Gasteiger partial charge in [-0.25, -0.2) is 8.57 Å². The second kappa shape index (κ2) is 1.98. The summed E-state index contributed by atoms with van der Waals surface area (Å²) in [7, 11) is 0. The van der Waals surface area contributed by atoms with Crippen LogP contribution in [0.5, 0.6) is 0 Å². The predicted molar refractivity (Wildman–Crippen MR) is 23.5 cm³/mol. The molecule has 0 aliphatic carbocycles. The van der Waals surface area contributed by atoms with E-state index in [2.05, 4.69) is 4.18 Å². The van der Waals surface area contributed by atoms with Gasteiger partial charge in [-0.3, -0.25) is 0 Å². The molecule has 8 heteroatoms. The van der Waals surface area contributed by atoms with Crippen molar-refractivity contribution in [2.45, 2.75) is 17.3 Å². The quantitative estimate of drug-likeness (QED) is 0.436. The van der Waals surface area contributed by atoms with E-state index in [1.165, 1.54) is 0 Å². The van der Waals surface area contributed by atoms with E-state index in [1.54, 1.807) is 0 Å². The third-order valence-corrected chi connectivity index (χ3v) is 1.99. The van der Waals surface area contributed by atoms with Crippen LogP contribution in [0.4, 0.5) is 26.3 Å². The summed E-state index contributed by atoms with van der Waals surface area (Å²) in [6, 6.07) is 0. The minimum absolute atomic E-state index is 0.920. The molecule has 1 nitrogen and oxygen atoms in total. The normalized spacial score (nSPS) is 36.5. The Labute approximate surface area is 60.9 Å². The van der Waals surface area contributed by atoms with Crippen molar-refractivity contribution in [1.29, 1.82) is 0 Å². The molecule has 1 fully saturated rings. The molecular weight excluding hydrogens is 198 g/mol. The van der Waals surface area contributed by atoms with Gasteiger partial charge < -0.3 is 0 Å². The highest BCUT2D eigenvalue weighted by Gasteiger charge is 2.81. The molecular formula is C3F6OS. The first-order valence-electron chi connectivity index (χ1n) is 2.21. The van der Waals surface area contributed by atoms with Crippen molar-refractivity contribution in [2.75, 3.05) is 0 Å². The molecule has 0 aromatic heterocycles. The van der Waals surface area contributed by atoms with Gasteiger partial charge in [0.25, 0.3) is 0 Å². The van der Waals surface area contributed by atoms with E-state index in [0.29, 0.717) is 0 Å². The maximum absolute atomic E-state index is 12.2. The van der Waals surface area contributed by atoms with Gasteiger partial charge >= 0.3 is 17.3 Å². The van der Waals surface area contributed by atoms with E-state index in [-0.39, 0.29) is 0 Å². The lowest BCUT2D eigenvalue weighted by molar-refractivity contribution is -0.347. The molecule has 1 unspecified atom stereocenters. The van der Waals surface area contributed by atoms with Crippen LogP contribution in [-0.4, -0.2) is 17.3 Å². The van der Waals surface area contributed by atoms with Gasteiger partial charge in [0.05, 0.1) is 12.0 Å². The fourth-order valence-corrected chi connectivity index (χ4v) is 0.840. The maximum atomic E-state index is 12.2. The Bertz CT molecular complexity index is 165. The molecule has 0 amide bonds. The van der Waals surface area contributed by atoms with Gasteiger partial charge in [-0.2, -0.15) is 22.0 Å². The molecule has 0 aromatic rings. The first-order valence-corrected chi connectivity index (χ1v) is 2.95. The van der Waals surface area contributed by atoms with E-state index in [0.717, 1.165) is 0 Å². The molecule has 1 atom stereocenters. The Kier molecular flexibility index (Phi) is 1.61. The predicted octanol–water partition coefficient (Wildman–Crippen LogP) is 2.49. The molecule has 0 aromatic carbocycles. The van der Waals surface area contributed by atoms with Crippen LogP contribution < -0.4 is 0 Å². The van der Waals surface area contributed by atoms with Crippen LogP contribution in [0.3, 0.4) is 0 Å². The van der Waals surface area contributed by atoms with E-state index >= 15 is 0 Å². The van der Waals surface area contributed by atoms with E-state index in [4.69, 9.17) is 0 Å². The largest absolute Gasteiger partial charge is 0.443 e. The summed E-state index contributed by atoms with van der Waals surface area (Å²) in [6.07, 6.45) is -10.4. The molecule has 1 aliphatic rings. The van der Waals surface area contributed by atoms with Crippen molar-refractivity contribution in [3.8, 4) is 0 Å². The summed E-state index contributed by atoms with van der Waals surface area (Å²) in [6.45, 7) is 0. The fourth-order valence-electron chi connectivity index (χ4n) is 0.390. The number of hydrogen-bond acceptors (Lipinski definition) is 2. The number of rotatable bonds is 0. The third kappa shape index (κ3) is 0.994. The summed E-state index contributed by atoms with van der Waals surface area (Å²) < 4.78 is 73.0. The van der Waals surface area contributed by atoms with Gasteiger partial charge in [0.15, 0.2) is 0 Å². The SMILES string of the molecule is FC(F)(F)C1(F)SOC1(F)F. The van der Waals surface area contributed by atoms with Gasteiger partial charge in [-0.1, -0.05) is 0 Å². The summed E-state index contributed by atoms with van der Waals surface area (Å²) in [5, 5.41) is -4.58. The van der Waals surface area contributed by atoms with Crippen LogP contribution >= 0.6 is 12.0 Å². The molecule has 66 valence electrons. The van der Waals surface area contributed by atoms with Gasteiger partial charge in [0.1, 0.15) is 0 Å². The number of halogens is 6. The molecule has 0 radical (unpaired) electrons. The van der Waals surface area contributed by atoms with Crippen molar-refractivity contribution in [3.05, 3.63) is 0 Å². The van der Waals surface area contributed by atoms with E-state index < -0.39 is 29.3 Å². The Morgan fingerprint density at radius 1 is 1.09 bits per heavy atom. The van der Waals surface area contributed by atoms with E-state index in [1.807, 2.05) is 0 Å². The molecule has 1 rings (SSSR count). The van der Waals surface area contributed by atoms with Crippen LogP contribution in [0, 0.1) is 0 Å². The van der Waals surface area contributed by atoms with Crippen molar-refractivity contribution >= 4 is 12.0 Å². The zero-order chi connectivity index (χ0) is 8.91. The second-order valence-electron chi connectivity index (χ2n) is 1.78. The average Bonchev–Trinajstić information content (AvgIpc) is 1.81. The lowest BCUT2D eigenvalue weighted by Gasteiger charge is -2.39. The Morgan fingerprint density at radius 2 is 1.55 bits per heavy atom. The minimum Gasteiger partial charge on any atom is -0.241 e.